The maximum Gasteiger partial charge on any atom is 0.170 e. The van der Waals surface area contributed by atoms with E-state index in [-0.39, 0.29) is 5.79 Å². The molecule has 0 aromatic heterocycles. The first-order valence-corrected chi connectivity index (χ1v) is 6.87. The second-order valence-electron chi connectivity index (χ2n) is 5.56. The summed E-state index contributed by atoms with van der Waals surface area (Å²) in [6.07, 6.45) is 7.95. The van der Waals surface area contributed by atoms with E-state index in [1.54, 1.807) is 0 Å². The normalized spacial score (nSPS) is 31.5. The number of piperidine rings is 1. The van der Waals surface area contributed by atoms with E-state index in [0.29, 0.717) is 0 Å². The molecule has 0 aromatic rings. The minimum atomic E-state index is -0.188. The summed E-state index contributed by atoms with van der Waals surface area (Å²) in [6.45, 7) is 5.23. The Balaban J connectivity index is 1.46. The van der Waals surface area contributed by atoms with Crippen LogP contribution in [-0.4, -0.2) is 43.5 Å². The van der Waals surface area contributed by atoms with Crippen LogP contribution in [0, 0.1) is 5.92 Å². The van der Waals surface area contributed by atoms with E-state index >= 15 is 0 Å². The Morgan fingerprint density at radius 3 is 2.25 bits per heavy atom. The Kier molecular flexibility index (Phi) is 3.18. The van der Waals surface area contributed by atoms with Gasteiger partial charge in [-0.05, 0) is 18.8 Å². The highest BCUT2D eigenvalue weighted by Gasteiger charge is 2.39. The molecule has 0 unspecified atom stereocenters. The molecule has 2 aliphatic heterocycles. The molecule has 16 heavy (non-hydrogen) atoms. The van der Waals surface area contributed by atoms with Gasteiger partial charge in [-0.1, -0.05) is 12.8 Å². The molecule has 1 aliphatic carbocycles. The molecule has 3 aliphatic rings. The van der Waals surface area contributed by atoms with Crippen molar-refractivity contribution in [2.45, 2.75) is 44.3 Å². The average molecular weight is 225 g/mol. The van der Waals surface area contributed by atoms with Crippen LogP contribution in [0.5, 0.6) is 0 Å². The van der Waals surface area contributed by atoms with Crippen LogP contribution < -0.4 is 0 Å². The van der Waals surface area contributed by atoms with E-state index in [1.807, 2.05) is 0 Å². The third kappa shape index (κ3) is 2.27. The molecule has 0 amide bonds. The molecule has 3 fully saturated rings. The maximum atomic E-state index is 5.75. The highest BCUT2D eigenvalue weighted by Crippen LogP contribution is 2.33. The van der Waals surface area contributed by atoms with E-state index in [1.165, 1.54) is 32.2 Å². The van der Waals surface area contributed by atoms with Crippen LogP contribution in [0.3, 0.4) is 0 Å². The molecule has 0 radical (unpaired) electrons. The van der Waals surface area contributed by atoms with Crippen molar-refractivity contribution >= 4 is 0 Å². The van der Waals surface area contributed by atoms with Crippen molar-refractivity contribution < 1.29 is 9.47 Å². The van der Waals surface area contributed by atoms with Gasteiger partial charge in [0.2, 0.25) is 0 Å². The SMILES string of the molecule is C1CCC(CN2CCC3(CC2)OCCO3)C1. The lowest BCUT2D eigenvalue weighted by Gasteiger charge is -2.38. The van der Waals surface area contributed by atoms with Gasteiger partial charge >= 0.3 is 0 Å². The lowest BCUT2D eigenvalue weighted by Crippen LogP contribution is -2.46. The fourth-order valence-electron chi connectivity index (χ4n) is 3.42. The van der Waals surface area contributed by atoms with Crippen molar-refractivity contribution in [2.75, 3.05) is 32.8 Å². The van der Waals surface area contributed by atoms with E-state index in [2.05, 4.69) is 4.90 Å². The number of ether oxygens (including phenoxy) is 2. The van der Waals surface area contributed by atoms with Gasteiger partial charge in [0.1, 0.15) is 0 Å². The fourth-order valence-corrected chi connectivity index (χ4v) is 3.42. The Morgan fingerprint density at radius 2 is 1.62 bits per heavy atom. The first kappa shape index (κ1) is 11.0. The predicted octanol–water partition coefficient (Wildman–Crippen LogP) is 2.02. The molecule has 92 valence electrons. The molecule has 0 N–H and O–H groups in total. The summed E-state index contributed by atoms with van der Waals surface area (Å²) >= 11 is 0. The number of likely N-dealkylation sites (tertiary alicyclic amines) is 1. The van der Waals surface area contributed by atoms with Crippen molar-refractivity contribution in [1.29, 1.82) is 0 Å². The molecule has 0 atom stereocenters. The van der Waals surface area contributed by atoms with Crippen LogP contribution in [0.2, 0.25) is 0 Å². The van der Waals surface area contributed by atoms with E-state index in [9.17, 15) is 0 Å². The zero-order valence-electron chi connectivity index (χ0n) is 10.1. The molecule has 2 saturated heterocycles. The van der Waals surface area contributed by atoms with Crippen molar-refractivity contribution in [1.82, 2.24) is 4.90 Å². The van der Waals surface area contributed by atoms with Crippen LogP contribution in [0.4, 0.5) is 0 Å². The van der Waals surface area contributed by atoms with E-state index in [4.69, 9.17) is 9.47 Å². The minimum Gasteiger partial charge on any atom is -0.347 e. The van der Waals surface area contributed by atoms with Gasteiger partial charge in [0.05, 0.1) is 13.2 Å². The zero-order valence-corrected chi connectivity index (χ0v) is 10.1. The summed E-state index contributed by atoms with van der Waals surface area (Å²) in [5.74, 6) is 0.783. The molecule has 1 spiro atoms. The molecule has 1 saturated carbocycles. The number of hydrogen-bond acceptors (Lipinski definition) is 3. The van der Waals surface area contributed by atoms with Crippen molar-refractivity contribution in [3.8, 4) is 0 Å². The molecule has 0 bridgehead atoms. The van der Waals surface area contributed by atoms with Gasteiger partial charge in [-0.25, -0.2) is 0 Å². The molecule has 0 aromatic carbocycles. The molecular weight excluding hydrogens is 202 g/mol. The minimum absolute atomic E-state index is 0.188. The first-order valence-electron chi connectivity index (χ1n) is 6.87. The largest absolute Gasteiger partial charge is 0.347 e. The molecule has 3 heteroatoms. The van der Waals surface area contributed by atoms with Crippen molar-refractivity contribution in [3.05, 3.63) is 0 Å². The highest BCUT2D eigenvalue weighted by molar-refractivity contribution is 4.84. The van der Waals surface area contributed by atoms with E-state index < -0.39 is 0 Å². The second-order valence-corrected chi connectivity index (χ2v) is 5.56. The third-order valence-electron chi connectivity index (χ3n) is 4.42. The fraction of sp³-hybridized carbons (Fsp3) is 1.00. The van der Waals surface area contributed by atoms with Crippen LogP contribution in [0.1, 0.15) is 38.5 Å². The summed E-state index contributed by atoms with van der Waals surface area (Å²) in [5, 5.41) is 0. The van der Waals surface area contributed by atoms with Gasteiger partial charge in [-0.15, -0.1) is 0 Å². The Morgan fingerprint density at radius 1 is 1.00 bits per heavy atom. The summed E-state index contributed by atoms with van der Waals surface area (Å²) in [6, 6.07) is 0. The molecular formula is C13H23NO2. The number of rotatable bonds is 2. The standard InChI is InChI=1S/C13H23NO2/c1-2-4-12(3-1)11-14-7-5-13(6-8-14)15-9-10-16-13/h12H,1-11H2. The maximum absolute atomic E-state index is 5.75. The zero-order chi connectivity index (χ0) is 10.8. The topological polar surface area (TPSA) is 21.7 Å². The molecule has 2 heterocycles. The van der Waals surface area contributed by atoms with Crippen LogP contribution in [-0.2, 0) is 9.47 Å². The van der Waals surface area contributed by atoms with Crippen molar-refractivity contribution in [2.24, 2.45) is 5.92 Å². The second kappa shape index (κ2) is 4.63. The van der Waals surface area contributed by atoms with Crippen LogP contribution in [0.15, 0.2) is 0 Å². The summed E-state index contributed by atoms with van der Waals surface area (Å²) in [4.78, 5) is 2.62. The highest BCUT2D eigenvalue weighted by atomic mass is 16.7. The van der Waals surface area contributed by atoms with Crippen molar-refractivity contribution in [3.63, 3.8) is 0 Å². The quantitative estimate of drug-likeness (QED) is 0.717. The number of hydrogen-bond donors (Lipinski definition) is 0. The summed E-state index contributed by atoms with van der Waals surface area (Å²) in [7, 11) is 0. The van der Waals surface area contributed by atoms with Crippen LogP contribution in [0.25, 0.3) is 0 Å². The lowest BCUT2D eigenvalue weighted by molar-refractivity contribution is -0.185. The number of nitrogens with zero attached hydrogens (tertiary/aromatic N) is 1. The summed E-state index contributed by atoms with van der Waals surface area (Å²) < 4.78 is 11.5. The molecule has 3 rings (SSSR count). The Labute approximate surface area is 98.1 Å². The molecule has 3 nitrogen and oxygen atoms in total. The lowest BCUT2D eigenvalue weighted by atomic mass is 10.0. The first-order chi connectivity index (χ1) is 7.86. The van der Waals surface area contributed by atoms with Crippen LogP contribution >= 0.6 is 0 Å². The van der Waals surface area contributed by atoms with Gasteiger partial charge < -0.3 is 14.4 Å². The van der Waals surface area contributed by atoms with Gasteiger partial charge in [0, 0.05) is 32.5 Å². The van der Waals surface area contributed by atoms with E-state index in [0.717, 1.165) is 45.1 Å². The van der Waals surface area contributed by atoms with Gasteiger partial charge in [0.25, 0.3) is 0 Å². The monoisotopic (exact) mass is 225 g/mol. The summed E-state index contributed by atoms with van der Waals surface area (Å²) in [5.41, 5.74) is 0. The Hall–Kier alpha value is -0.120. The third-order valence-corrected chi connectivity index (χ3v) is 4.42. The van der Waals surface area contributed by atoms with Gasteiger partial charge in [-0.2, -0.15) is 0 Å². The van der Waals surface area contributed by atoms with Gasteiger partial charge in [-0.3, -0.25) is 0 Å². The Bertz CT molecular complexity index is 222. The predicted molar refractivity (Wildman–Crippen MR) is 62.3 cm³/mol. The van der Waals surface area contributed by atoms with Gasteiger partial charge in [0.15, 0.2) is 5.79 Å². The average Bonchev–Trinajstić information content (AvgIpc) is 2.94. The smallest absolute Gasteiger partial charge is 0.170 e.